The van der Waals surface area contributed by atoms with Crippen LogP contribution >= 0.6 is 11.8 Å². The highest BCUT2D eigenvalue weighted by Gasteiger charge is 2.23. The minimum Gasteiger partial charge on any atom is -0.361 e. The van der Waals surface area contributed by atoms with Crippen LogP contribution in [0.15, 0.2) is 4.99 Å². The zero-order valence-electron chi connectivity index (χ0n) is 11.3. The zero-order chi connectivity index (χ0) is 12.3. The van der Waals surface area contributed by atoms with Gasteiger partial charge in [-0.15, -0.1) is 0 Å². The topological polar surface area (TPSA) is 27.6 Å². The molecule has 1 saturated heterocycles. The third kappa shape index (κ3) is 3.62. The summed E-state index contributed by atoms with van der Waals surface area (Å²) in [6.45, 7) is 10.4. The number of rotatable bonds is 2. The Morgan fingerprint density at radius 2 is 2.29 bits per heavy atom. The van der Waals surface area contributed by atoms with E-state index in [-0.39, 0.29) is 0 Å². The van der Waals surface area contributed by atoms with Crippen molar-refractivity contribution in [1.82, 2.24) is 10.2 Å². The number of likely N-dealkylation sites (N-methyl/N-ethyl adjacent to an activating group) is 1. The number of nitrogens with one attached hydrogen (secondary N) is 1. The molecule has 2 aliphatic rings. The van der Waals surface area contributed by atoms with Gasteiger partial charge in [-0.1, -0.05) is 25.6 Å². The second-order valence-electron chi connectivity index (χ2n) is 5.34. The van der Waals surface area contributed by atoms with Crippen LogP contribution in [0.5, 0.6) is 0 Å². The first-order chi connectivity index (χ1) is 8.19. The largest absolute Gasteiger partial charge is 0.361 e. The van der Waals surface area contributed by atoms with Gasteiger partial charge in [0.1, 0.15) is 0 Å². The van der Waals surface area contributed by atoms with E-state index in [1.807, 2.05) is 11.8 Å². The smallest absolute Gasteiger partial charge is 0.157 e. The Labute approximate surface area is 109 Å². The van der Waals surface area contributed by atoms with Gasteiger partial charge >= 0.3 is 0 Å². The van der Waals surface area contributed by atoms with Gasteiger partial charge in [0, 0.05) is 18.3 Å². The third-order valence-corrected chi connectivity index (χ3v) is 5.10. The molecule has 3 nitrogen and oxygen atoms in total. The highest BCUT2D eigenvalue weighted by Crippen LogP contribution is 2.22. The molecule has 2 aliphatic heterocycles. The number of thioether (sulfide) groups is 1. The Kier molecular flexibility index (Phi) is 4.74. The molecule has 0 radical (unpaired) electrons. The van der Waals surface area contributed by atoms with Crippen molar-refractivity contribution in [3.8, 4) is 0 Å². The summed E-state index contributed by atoms with van der Waals surface area (Å²) in [4.78, 5) is 7.29. The van der Waals surface area contributed by atoms with Gasteiger partial charge < -0.3 is 10.2 Å². The summed E-state index contributed by atoms with van der Waals surface area (Å²) in [6.07, 6.45) is 2.61. The van der Waals surface area contributed by atoms with E-state index < -0.39 is 0 Å². The molecule has 1 fully saturated rings. The van der Waals surface area contributed by atoms with Crippen LogP contribution in [0.2, 0.25) is 0 Å². The van der Waals surface area contributed by atoms with Crippen LogP contribution in [0.3, 0.4) is 0 Å². The van der Waals surface area contributed by atoms with Crippen LogP contribution < -0.4 is 5.32 Å². The maximum atomic E-state index is 4.76. The van der Waals surface area contributed by atoms with Crippen molar-refractivity contribution in [3.05, 3.63) is 0 Å². The first kappa shape index (κ1) is 13.2. The molecule has 0 aliphatic carbocycles. The summed E-state index contributed by atoms with van der Waals surface area (Å²) in [7, 11) is 0. The number of piperidine rings is 1. The van der Waals surface area contributed by atoms with Crippen molar-refractivity contribution in [1.29, 1.82) is 0 Å². The molecule has 0 saturated carbocycles. The Bertz CT molecular complexity index is 280. The van der Waals surface area contributed by atoms with E-state index in [2.05, 4.69) is 31.0 Å². The van der Waals surface area contributed by atoms with E-state index in [1.54, 1.807) is 0 Å². The second kappa shape index (κ2) is 6.10. The number of amidine groups is 1. The second-order valence-corrected chi connectivity index (χ2v) is 6.35. The lowest BCUT2D eigenvalue weighted by Gasteiger charge is -2.34. The van der Waals surface area contributed by atoms with Gasteiger partial charge in [0.05, 0.1) is 6.04 Å². The van der Waals surface area contributed by atoms with Crippen LogP contribution in [-0.4, -0.2) is 47.5 Å². The Balaban J connectivity index is 1.86. The molecule has 2 rings (SSSR count). The van der Waals surface area contributed by atoms with E-state index in [0.717, 1.165) is 0 Å². The van der Waals surface area contributed by atoms with Crippen molar-refractivity contribution in [2.75, 3.05) is 25.4 Å². The predicted octanol–water partition coefficient (Wildman–Crippen LogP) is 2.19. The van der Waals surface area contributed by atoms with E-state index in [9.17, 15) is 0 Å². The van der Waals surface area contributed by atoms with Crippen LogP contribution in [0, 0.1) is 5.92 Å². The average molecular weight is 255 g/mol. The first-order valence-electron chi connectivity index (χ1n) is 6.88. The number of hydrogen-bond donors (Lipinski definition) is 1. The summed E-state index contributed by atoms with van der Waals surface area (Å²) in [5.41, 5.74) is 0. The number of likely N-dealkylation sites (tertiary alicyclic amines) is 1. The zero-order valence-corrected chi connectivity index (χ0v) is 12.1. The maximum Gasteiger partial charge on any atom is 0.157 e. The van der Waals surface area contributed by atoms with E-state index in [0.29, 0.717) is 18.0 Å². The van der Waals surface area contributed by atoms with Crippen LogP contribution in [0.25, 0.3) is 0 Å². The fourth-order valence-electron chi connectivity index (χ4n) is 2.41. The summed E-state index contributed by atoms with van der Waals surface area (Å²) < 4.78 is 0. The summed E-state index contributed by atoms with van der Waals surface area (Å²) in [6, 6.07) is 1.08. The molecule has 0 aromatic carbocycles. The maximum absolute atomic E-state index is 4.76. The van der Waals surface area contributed by atoms with Crippen molar-refractivity contribution in [2.45, 2.75) is 45.7 Å². The molecule has 2 heterocycles. The number of nitrogens with zero attached hydrogens (tertiary/aromatic N) is 2. The molecule has 3 unspecified atom stereocenters. The predicted molar refractivity (Wildman–Crippen MR) is 76.8 cm³/mol. The van der Waals surface area contributed by atoms with E-state index >= 15 is 0 Å². The lowest BCUT2D eigenvalue weighted by molar-refractivity contribution is 0.210. The average Bonchev–Trinajstić information content (AvgIpc) is 2.34. The van der Waals surface area contributed by atoms with Gasteiger partial charge in [-0.25, -0.2) is 0 Å². The van der Waals surface area contributed by atoms with Crippen molar-refractivity contribution < 1.29 is 0 Å². The Hall–Kier alpha value is -0.220. The van der Waals surface area contributed by atoms with Crippen LogP contribution in [0.1, 0.15) is 33.6 Å². The molecule has 0 bridgehead atoms. The van der Waals surface area contributed by atoms with Crippen molar-refractivity contribution >= 4 is 16.9 Å². The minimum absolute atomic E-state index is 0.476. The monoisotopic (exact) mass is 255 g/mol. The van der Waals surface area contributed by atoms with Gasteiger partial charge in [0.25, 0.3) is 0 Å². The van der Waals surface area contributed by atoms with E-state index in [4.69, 9.17) is 4.99 Å². The lowest BCUT2D eigenvalue weighted by Crippen LogP contribution is -2.47. The molecule has 3 atom stereocenters. The molecule has 0 spiro atoms. The number of hydrogen-bond acceptors (Lipinski definition) is 4. The molecule has 4 heteroatoms. The van der Waals surface area contributed by atoms with Gasteiger partial charge in [0.2, 0.25) is 0 Å². The third-order valence-electron chi connectivity index (χ3n) is 3.91. The quantitative estimate of drug-likeness (QED) is 0.819. The fourth-order valence-corrected chi connectivity index (χ4v) is 3.60. The molecule has 0 aromatic heterocycles. The van der Waals surface area contributed by atoms with Crippen LogP contribution in [0.4, 0.5) is 0 Å². The molecule has 0 aromatic rings. The highest BCUT2D eigenvalue weighted by atomic mass is 32.2. The van der Waals surface area contributed by atoms with Gasteiger partial charge in [0.15, 0.2) is 5.17 Å². The molecule has 17 heavy (non-hydrogen) atoms. The molecular weight excluding hydrogens is 230 g/mol. The summed E-state index contributed by atoms with van der Waals surface area (Å²) in [5.74, 6) is 1.92. The molecule has 0 amide bonds. The first-order valence-corrected chi connectivity index (χ1v) is 7.87. The van der Waals surface area contributed by atoms with E-state index in [1.165, 1.54) is 43.4 Å². The van der Waals surface area contributed by atoms with Gasteiger partial charge in [-0.3, -0.25) is 4.99 Å². The van der Waals surface area contributed by atoms with Crippen LogP contribution in [-0.2, 0) is 0 Å². The van der Waals surface area contributed by atoms with Crippen molar-refractivity contribution in [3.63, 3.8) is 0 Å². The molecule has 98 valence electrons. The minimum atomic E-state index is 0.476. The van der Waals surface area contributed by atoms with Crippen molar-refractivity contribution in [2.24, 2.45) is 10.9 Å². The Morgan fingerprint density at radius 1 is 1.47 bits per heavy atom. The summed E-state index contributed by atoms with van der Waals surface area (Å²) in [5, 5.41) is 4.82. The number of aliphatic imine (C=N–C) groups is 1. The standard InChI is InChI=1S/C13H25N3S/c1-4-16-7-5-6-12(8-16)15-13-14-11(3)10(2)9-17-13/h10-12H,4-9H2,1-3H3,(H,14,15). The summed E-state index contributed by atoms with van der Waals surface area (Å²) >= 11 is 1.90. The Morgan fingerprint density at radius 3 is 3.00 bits per heavy atom. The van der Waals surface area contributed by atoms with Gasteiger partial charge in [-0.2, -0.15) is 0 Å². The SMILES string of the molecule is CCN1CCCC(NC2=NC(C)C(C)CS2)C1. The molecule has 1 N–H and O–H groups in total. The lowest BCUT2D eigenvalue weighted by atomic mass is 10.1. The molecular formula is C13H25N3S. The fraction of sp³-hybridized carbons (Fsp3) is 0.923. The van der Waals surface area contributed by atoms with Gasteiger partial charge in [-0.05, 0) is 38.8 Å². The normalized spacial score (nSPS) is 35.5. The highest BCUT2D eigenvalue weighted by molar-refractivity contribution is 8.13.